The lowest BCUT2D eigenvalue weighted by Crippen LogP contribution is -2.45. The Morgan fingerprint density at radius 1 is 0.943 bits per heavy atom. The topological polar surface area (TPSA) is 82.7 Å². The first-order valence-corrected chi connectivity index (χ1v) is 12.8. The number of aryl methyl sites for hydroxylation is 1. The molecule has 3 atom stereocenters. The minimum atomic E-state index is -0.00467. The van der Waals surface area contributed by atoms with Gasteiger partial charge in [-0.05, 0) is 39.2 Å². The van der Waals surface area contributed by atoms with Crippen LogP contribution >= 0.6 is 0 Å². The van der Waals surface area contributed by atoms with Gasteiger partial charge in [-0.15, -0.1) is 0 Å². The van der Waals surface area contributed by atoms with Crippen LogP contribution in [-0.2, 0) is 21.3 Å². The van der Waals surface area contributed by atoms with Gasteiger partial charge in [0.15, 0.2) is 0 Å². The lowest BCUT2D eigenvalue weighted by atomic mass is 10.1. The second-order valence-corrected chi connectivity index (χ2v) is 9.91. The van der Waals surface area contributed by atoms with Crippen molar-refractivity contribution in [2.75, 3.05) is 55.9 Å². The Kier molecular flexibility index (Phi) is 6.11. The van der Waals surface area contributed by atoms with Crippen LogP contribution in [0.25, 0.3) is 22.4 Å². The second-order valence-electron chi connectivity index (χ2n) is 9.91. The molecular weight excluding hydrogens is 446 g/mol. The monoisotopic (exact) mass is 481 g/mol. The van der Waals surface area contributed by atoms with Crippen LogP contribution in [0, 0.1) is 0 Å². The van der Waals surface area contributed by atoms with E-state index in [4.69, 9.17) is 29.4 Å². The molecule has 3 aromatic heterocycles. The van der Waals surface area contributed by atoms with Crippen molar-refractivity contribution in [1.29, 1.82) is 0 Å². The Labute approximate surface area is 205 Å². The Bertz CT molecular complexity index is 1190. The lowest BCUT2D eigenvalue weighted by molar-refractivity contribution is -0.0393. The van der Waals surface area contributed by atoms with E-state index in [0.717, 1.165) is 72.9 Å². The molecule has 10 nitrogen and oxygen atoms in total. The zero-order valence-electron chi connectivity index (χ0n) is 20.9. The zero-order valence-corrected chi connectivity index (χ0v) is 20.9. The minimum Gasteiger partial charge on any atom is -0.377 e. The number of ether oxygens (including phenoxy) is 3. The molecule has 1 unspecified atom stereocenters. The van der Waals surface area contributed by atoms with Gasteiger partial charge in [-0.1, -0.05) is 0 Å². The number of morpholine rings is 2. The number of pyridine rings is 1. The van der Waals surface area contributed by atoms with Crippen LogP contribution in [0.4, 0.5) is 11.5 Å². The molecule has 3 saturated heterocycles. The third-order valence-electron chi connectivity index (χ3n) is 7.40. The summed E-state index contributed by atoms with van der Waals surface area (Å²) in [6.07, 6.45) is 5.27. The maximum Gasteiger partial charge on any atom is 0.150 e. The predicted molar refractivity (Wildman–Crippen MR) is 134 cm³/mol. The molecule has 3 aliphatic heterocycles. The summed E-state index contributed by atoms with van der Waals surface area (Å²) in [5, 5.41) is 9.83. The third kappa shape index (κ3) is 4.17. The Morgan fingerprint density at radius 2 is 1.71 bits per heavy atom. The Balaban J connectivity index is 1.48. The van der Waals surface area contributed by atoms with E-state index in [1.54, 1.807) is 0 Å². The number of hydrogen-bond donors (Lipinski definition) is 0. The molecule has 0 saturated carbocycles. The van der Waals surface area contributed by atoms with Crippen molar-refractivity contribution in [3.05, 3.63) is 18.3 Å². The molecule has 188 valence electrons. The van der Waals surface area contributed by atoms with Gasteiger partial charge in [0.1, 0.15) is 34.5 Å². The fourth-order valence-electron chi connectivity index (χ4n) is 5.49. The summed E-state index contributed by atoms with van der Waals surface area (Å²) in [5.74, 6) is 0.964. The number of hydrogen-bond acceptors (Lipinski definition) is 8. The van der Waals surface area contributed by atoms with Crippen molar-refractivity contribution in [3.8, 4) is 11.4 Å². The first-order valence-electron chi connectivity index (χ1n) is 12.8. The molecule has 0 radical (unpaired) electrons. The number of rotatable bonds is 4. The molecule has 3 fully saturated rings. The fraction of sp³-hybridized carbons (Fsp3) is 0.640. The van der Waals surface area contributed by atoms with Crippen molar-refractivity contribution in [2.24, 2.45) is 7.05 Å². The summed E-state index contributed by atoms with van der Waals surface area (Å²) >= 11 is 0. The van der Waals surface area contributed by atoms with E-state index in [2.05, 4.69) is 29.7 Å². The molecule has 0 amide bonds. The summed E-state index contributed by atoms with van der Waals surface area (Å²) in [6.45, 7) is 9.69. The summed E-state index contributed by atoms with van der Waals surface area (Å²) in [5.41, 5.74) is 4.69. The number of aromatic nitrogens is 5. The fourth-order valence-corrected chi connectivity index (χ4v) is 5.49. The molecule has 35 heavy (non-hydrogen) atoms. The van der Waals surface area contributed by atoms with Crippen LogP contribution in [-0.4, -0.2) is 82.8 Å². The van der Waals surface area contributed by atoms with E-state index >= 15 is 0 Å². The molecule has 3 aliphatic rings. The van der Waals surface area contributed by atoms with Crippen LogP contribution in [0.15, 0.2) is 18.3 Å². The second kappa shape index (κ2) is 9.40. The van der Waals surface area contributed by atoms with E-state index < -0.39 is 0 Å². The van der Waals surface area contributed by atoms with Gasteiger partial charge in [0, 0.05) is 45.0 Å². The highest BCUT2D eigenvalue weighted by Crippen LogP contribution is 2.37. The van der Waals surface area contributed by atoms with Crippen molar-refractivity contribution in [2.45, 2.75) is 51.4 Å². The average molecular weight is 482 g/mol. The highest BCUT2D eigenvalue weighted by Gasteiger charge is 2.29. The SMILES string of the molecule is C[C@@H]1COCCN1c1cc(N2CCOC[C@H]2C)c2c(n1)c(-c1ccn(C3CCCCO3)n1)nn2C. The molecular formula is C25H35N7O3. The van der Waals surface area contributed by atoms with Gasteiger partial charge < -0.3 is 24.0 Å². The minimum absolute atomic E-state index is 0.00467. The summed E-state index contributed by atoms with van der Waals surface area (Å²) < 4.78 is 21.3. The number of fused-ring (bicyclic) bond motifs is 1. The van der Waals surface area contributed by atoms with Crippen LogP contribution in [0.2, 0.25) is 0 Å². The highest BCUT2D eigenvalue weighted by molar-refractivity contribution is 5.98. The maximum atomic E-state index is 5.95. The van der Waals surface area contributed by atoms with Gasteiger partial charge in [0.05, 0.1) is 38.2 Å². The van der Waals surface area contributed by atoms with E-state index in [1.807, 2.05) is 28.7 Å². The van der Waals surface area contributed by atoms with Gasteiger partial charge in [0.2, 0.25) is 0 Å². The van der Waals surface area contributed by atoms with Gasteiger partial charge >= 0.3 is 0 Å². The van der Waals surface area contributed by atoms with Crippen molar-refractivity contribution < 1.29 is 14.2 Å². The average Bonchev–Trinajstić information content (AvgIpc) is 3.50. The van der Waals surface area contributed by atoms with E-state index in [1.165, 1.54) is 0 Å². The molecule has 0 spiro atoms. The summed E-state index contributed by atoms with van der Waals surface area (Å²) in [7, 11) is 2.00. The normalized spacial score (nSPS) is 26.0. The number of anilines is 2. The van der Waals surface area contributed by atoms with Gasteiger partial charge in [0.25, 0.3) is 0 Å². The zero-order chi connectivity index (χ0) is 23.9. The molecule has 0 aromatic carbocycles. The standard InChI is InChI=1S/C25H35N7O3/c1-17-15-33-12-9-30(17)20-14-21(31-10-13-34-16-18(31)2)26-24-23(28-29(3)25(20)24)19-7-8-32(27-19)22-6-4-5-11-35-22/h7-8,14,17-18,22H,4-6,9-13,15-16H2,1-3H3/t17-,18-,22?/m1/s1. The maximum absolute atomic E-state index is 5.95. The predicted octanol–water partition coefficient (Wildman–Crippen LogP) is 2.98. The molecule has 0 bridgehead atoms. The molecule has 0 aliphatic carbocycles. The first-order chi connectivity index (χ1) is 17.1. The van der Waals surface area contributed by atoms with Crippen LogP contribution in [0.1, 0.15) is 39.3 Å². The summed E-state index contributed by atoms with van der Waals surface area (Å²) in [6, 6.07) is 4.78. The quantitative estimate of drug-likeness (QED) is 0.563. The molecule has 6 rings (SSSR count). The van der Waals surface area contributed by atoms with Gasteiger partial charge in [-0.25, -0.2) is 9.67 Å². The summed E-state index contributed by atoms with van der Waals surface area (Å²) in [4.78, 5) is 9.98. The van der Waals surface area contributed by atoms with Crippen molar-refractivity contribution >= 4 is 22.5 Å². The van der Waals surface area contributed by atoms with Gasteiger partial charge in [-0.3, -0.25) is 4.68 Å². The lowest BCUT2D eigenvalue weighted by Gasteiger charge is -2.38. The number of nitrogens with zero attached hydrogens (tertiary/aromatic N) is 7. The first kappa shape index (κ1) is 22.8. The Hall–Kier alpha value is -2.69. The van der Waals surface area contributed by atoms with E-state index in [9.17, 15) is 0 Å². The molecule has 0 N–H and O–H groups in total. The van der Waals surface area contributed by atoms with Crippen molar-refractivity contribution in [1.82, 2.24) is 24.5 Å². The molecule has 10 heteroatoms. The van der Waals surface area contributed by atoms with E-state index in [0.29, 0.717) is 26.4 Å². The third-order valence-corrected chi connectivity index (χ3v) is 7.40. The highest BCUT2D eigenvalue weighted by atomic mass is 16.5. The Morgan fingerprint density at radius 3 is 2.43 bits per heavy atom. The van der Waals surface area contributed by atoms with Gasteiger partial charge in [-0.2, -0.15) is 10.2 Å². The molecule has 3 aromatic rings. The smallest absolute Gasteiger partial charge is 0.150 e. The van der Waals surface area contributed by atoms with Crippen LogP contribution in [0.5, 0.6) is 0 Å². The largest absolute Gasteiger partial charge is 0.377 e. The van der Waals surface area contributed by atoms with Crippen LogP contribution in [0.3, 0.4) is 0 Å². The molecule has 6 heterocycles. The van der Waals surface area contributed by atoms with Crippen molar-refractivity contribution in [3.63, 3.8) is 0 Å². The van der Waals surface area contributed by atoms with Crippen LogP contribution < -0.4 is 9.80 Å². The van der Waals surface area contributed by atoms with E-state index in [-0.39, 0.29) is 18.3 Å².